The molecule has 3 heteroatoms. The van der Waals surface area contributed by atoms with E-state index in [0.29, 0.717) is 0 Å². The fourth-order valence-electron chi connectivity index (χ4n) is 3.24. The van der Waals surface area contributed by atoms with Crippen molar-refractivity contribution >= 4 is 0 Å². The number of nitrogens with zero attached hydrogens (tertiary/aromatic N) is 2. The number of aliphatic hydroxyl groups excluding tert-OH is 1. The summed E-state index contributed by atoms with van der Waals surface area (Å²) in [7, 11) is 0. The summed E-state index contributed by atoms with van der Waals surface area (Å²) in [6.45, 7) is 2.91. The van der Waals surface area contributed by atoms with Gasteiger partial charge in [0.25, 0.3) is 0 Å². The van der Waals surface area contributed by atoms with E-state index in [-0.39, 0.29) is 12.6 Å². The lowest BCUT2D eigenvalue weighted by molar-refractivity contribution is 0.185. The Kier molecular flexibility index (Phi) is 6.43. The highest BCUT2D eigenvalue weighted by atomic mass is 16.3. The van der Waals surface area contributed by atoms with Gasteiger partial charge in [0, 0.05) is 44.7 Å². The van der Waals surface area contributed by atoms with Gasteiger partial charge >= 0.3 is 0 Å². The zero-order chi connectivity index (χ0) is 17.3. The molecule has 0 aliphatic rings. The highest BCUT2D eigenvalue weighted by molar-refractivity contribution is 5.17. The molecule has 3 rings (SSSR count). The molecule has 25 heavy (non-hydrogen) atoms. The van der Waals surface area contributed by atoms with Gasteiger partial charge in [-0.15, -0.1) is 0 Å². The van der Waals surface area contributed by atoms with Crippen LogP contribution in [0, 0.1) is 0 Å². The summed E-state index contributed by atoms with van der Waals surface area (Å²) in [4.78, 5) is 2.46. The Morgan fingerprint density at radius 2 is 1.28 bits per heavy atom. The quantitative estimate of drug-likeness (QED) is 0.638. The van der Waals surface area contributed by atoms with Crippen molar-refractivity contribution in [2.45, 2.75) is 25.6 Å². The van der Waals surface area contributed by atoms with Crippen LogP contribution in [0.1, 0.15) is 23.6 Å². The van der Waals surface area contributed by atoms with Crippen LogP contribution in [0.2, 0.25) is 0 Å². The minimum absolute atomic E-state index is 0.202. The van der Waals surface area contributed by atoms with Crippen LogP contribution in [0.25, 0.3) is 0 Å². The standard InChI is InChI=1S/C22H26N2O/c25-16-13-22(24-14-7-8-15-24)19-23(17-20-9-3-1-4-10-20)18-21-11-5-2-6-12-21/h1-12,14-15,22,25H,13,16-19H2/t22-/m0/s1. The second-order valence-electron chi connectivity index (χ2n) is 6.44. The van der Waals surface area contributed by atoms with E-state index in [1.54, 1.807) is 0 Å². The third-order valence-electron chi connectivity index (χ3n) is 4.48. The second kappa shape index (κ2) is 9.21. The zero-order valence-electron chi connectivity index (χ0n) is 14.5. The van der Waals surface area contributed by atoms with Crippen molar-refractivity contribution in [1.82, 2.24) is 9.47 Å². The number of hydrogen-bond acceptors (Lipinski definition) is 2. The van der Waals surface area contributed by atoms with E-state index in [9.17, 15) is 5.11 Å². The van der Waals surface area contributed by atoms with E-state index in [1.165, 1.54) is 11.1 Å². The lowest BCUT2D eigenvalue weighted by atomic mass is 10.1. The molecular weight excluding hydrogens is 308 g/mol. The minimum atomic E-state index is 0.202. The molecule has 1 atom stereocenters. The second-order valence-corrected chi connectivity index (χ2v) is 6.44. The summed E-state index contributed by atoms with van der Waals surface area (Å²) >= 11 is 0. The van der Waals surface area contributed by atoms with E-state index >= 15 is 0 Å². The summed E-state index contributed by atoms with van der Waals surface area (Å²) in [5, 5.41) is 9.50. The molecule has 0 fully saturated rings. The number of aromatic nitrogens is 1. The van der Waals surface area contributed by atoms with Crippen molar-refractivity contribution in [3.8, 4) is 0 Å². The molecule has 0 saturated heterocycles. The highest BCUT2D eigenvalue weighted by Crippen LogP contribution is 2.18. The molecular formula is C22H26N2O. The molecule has 1 N–H and O–H groups in total. The summed E-state index contributed by atoms with van der Waals surface area (Å²) < 4.78 is 2.21. The molecule has 130 valence electrons. The van der Waals surface area contributed by atoms with E-state index in [4.69, 9.17) is 0 Å². The van der Waals surface area contributed by atoms with Crippen LogP contribution in [0.5, 0.6) is 0 Å². The van der Waals surface area contributed by atoms with Gasteiger partial charge < -0.3 is 9.67 Å². The molecule has 0 unspecified atom stereocenters. The molecule has 0 aliphatic heterocycles. The molecule has 0 aliphatic carbocycles. The van der Waals surface area contributed by atoms with Crippen LogP contribution < -0.4 is 0 Å². The smallest absolute Gasteiger partial charge is 0.0479 e. The van der Waals surface area contributed by atoms with Crippen LogP contribution in [0.15, 0.2) is 85.2 Å². The third-order valence-corrected chi connectivity index (χ3v) is 4.48. The molecule has 0 amide bonds. The van der Waals surface area contributed by atoms with Crippen LogP contribution in [-0.4, -0.2) is 27.7 Å². The third kappa shape index (κ3) is 5.31. The predicted octanol–water partition coefficient (Wildman–Crippen LogP) is 4.11. The fraction of sp³-hybridized carbons (Fsp3) is 0.273. The van der Waals surface area contributed by atoms with E-state index < -0.39 is 0 Å². The Morgan fingerprint density at radius 3 is 1.76 bits per heavy atom. The molecule has 2 aromatic carbocycles. The topological polar surface area (TPSA) is 28.4 Å². The first kappa shape index (κ1) is 17.5. The number of aliphatic hydroxyl groups is 1. The lowest BCUT2D eigenvalue weighted by Crippen LogP contribution is -2.30. The van der Waals surface area contributed by atoms with Crippen molar-refractivity contribution < 1.29 is 5.11 Å². The molecule has 1 aromatic heterocycles. The monoisotopic (exact) mass is 334 g/mol. The largest absolute Gasteiger partial charge is 0.396 e. The normalized spacial score (nSPS) is 12.4. The van der Waals surface area contributed by atoms with Crippen LogP contribution in [0.3, 0.4) is 0 Å². The summed E-state index contributed by atoms with van der Waals surface area (Å²) in [5.74, 6) is 0. The molecule has 3 nitrogen and oxygen atoms in total. The molecule has 0 bridgehead atoms. The van der Waals surface area contributed by atoms with Gasteiger partial charge in [-0.1, -0.05) is 60.7 Å². The first-order valence-electron chi connectivity index (χ1n) is 8.88. The van der Waals surface area contributed by atoms with Gasteiger partial charge in [0.1, 0.15) is 0 Å². The van der Waals surface area contributed by atoms with E-state index in [0.717, 1.165) is 26.1 Å². The van der Waals surface area contributed by atoms with Crippen LogP contribution in [0.4, 0.5) is 0 Å². The maximum absolute atomic E-state index is 9.50. The van der Waals surface area contributed by atoms with Crippen molar-refractivity contribution in [3.05, 3.63) is 96.3 Å². The first-order valence-corrected chi connectivity index (χ1v) is 8.88. The zero-order valence-corrected chi connectivity index (χ0v) is 14.5. The number of rotatable bonds is 9. The van der Waals surface area contributed by atoms with E-state index in [2.05, 4.69) is 82.5 Å². The Morgan fingerprint density at radius 1 is 0.760 bits per heavy atom. The van der Waals surface area contributed by atoms with Gasteiger partial charge in [0.15, 0.2) is 0 Å². The summed E-state index contributed by atoms with van der Waals surface area (Å²) in [6, 6.07) is 25.5. The number of benzene rings is 2. The van der Waals surface area contributed by atoms with Crippen LogP contribution in [-0.2, 0) is 13.1 Å². The molecule has 3 aromatic rings. The van der Waals surface area contributed by atoms with Crippen molar-refractivity contribution in [1.29, 1.82) is 0 Å². The Balaban J connectivity index is 1.76. The van der Waals surface area contributed by atoms with Crippen molar-refractivity contribution in [2.24, 2.45) is 0 Å². The van der Waals surface area contributed by atoms with Gasteiger partial charge in [-0.25, -0.2) is 0 Å². The van der Waals surface area contributed by atoms with Gasteiger partial charge in [-0.05, 0) is 29.7 Å². The Labute approximate surface area is 150 Å². The summed E-state index contributed by atoms with van der Waals surface area (Å²) in [6.07, 6.45) is 4.93. The Hall–Kier alpha value is -2.36. The molecule has 0 radical (unpaired) electrons. The van der Waals surface area contributed by atoms with Gasteiger partial charge in [-0.2, -0.15) is 0 Å². The predicted molar refractivity (Wildman–Crippen MR) is 102 cm³/mol. The van der Waals surface area contributed by atoms with Crippen molar-refractivity contribution in [2.75, 3.05) is 13.2 Å². The number of hydrogen-bond donors (Lipinski definition) is 1. The maximum Gasteiger partial charge on any atom is 0.0479 e. The van der Waals surface area contributed by atoms with Gasteiger partial charge in [0.2, 0.25) is 0 Å². The fourth-order valence-corrected chi connectivity index (χ4v) is 3.24. The molecule has 0 spiro atoms. The SMILES string of the molecule is OCC[C@@H](CN(Cc1ccccc1)Cc1ccccc1)n1cccc1. The maximum atomic E-state index is 9.50. The Bertz CT molecular complexity index is 669. The van der Waals surface area contributed by atoms with Gasteiger partial charge in [0.05, 0.1) is 0 Å². The summed E-state index contributed by atoms with van der Waals surface area (Å²) in [5.41, 5.74) is 2.63. The van der Waals surface area contributed by atoms with E-state index in [1.807, 2.05) is 12.1 Å². The lowest BCUT2D eigenvalue weighted by Gasteiger charge is -2.28. The van der Waals surface area contributed by atoms with Gasteiger partial charge in [-0.3, -0.25) is 4.90 Å². The minimum Gasteiger partial charge on any atom is -0.396 e. The molecule has 1 heterocycles. The van der Waals surface area contributed by atoms with Crippen molar-refractivity contribution in [3.63, 3.8) is 0 Å². The highest BCUT2D eigenvalue weighted by Gasteiger charge is 2.16. The average Bonchev–Trinajstić information content (AvgIpc) is 3.18. The molecule has 0 saturated carbocycles. The average molecular weight is 334 g/mol. The first-order chi connectivity index (χ1) is 12.3. The van der Waals surface area contributed by atoms with Crippen LogP contribution >= 0.6 is 0 Å².